The Kier molecular flexibility index (Phi) is 2.25. The summed E-state index contributed by atoms with van der Waals surface area (Å²) in [6.07, 6.45) is 0. The monoisotopic (exact) mass is 191 g/mol. The highest BCUT2D eigenvalue weighted by atomic mass is 35.5. The summed E-state index contributed by atoms with van der Waals surface area (Å²) < 4.78 is 0. The molecule has 0 unspecified atom stereocenters. The zero-order chi connectivity index (χ0) is 8.59. The van der Waals surface area contributed by atoms with Crippen molar-refractivity contribution in [2.45, 2.75) is 13.8 Å². The number of aromatic nitrogens is 1. The molecule has 0 aliphatic heterocycles. The Morgan fingerprint density at radius 3 is 2.27 bits per heavy atom. The minimum atomic E-state index is -0.286. The topological polar surface area (TPSA) is 32.9 Å². The molecule has 0 aliphatic carbocycles. The summed E-state index contributed by atoms with van der Waals surface area (Å²) in [6.45, 7) is 3.44. The van der Waals surface area contributed by atoms with E-state index in [0.717, 1.165) is 0 Å². The molecule has 0 spiro atoms. The molecule has 0 aromatic carbocycles. The zero-order valence-electron chi connectivity index (χ0n) is 6.16. The van der Waals surface area contributed by atoms with Crippen LogP contribution >= 0.6 is 23.2 Å². The molecular weight excluding hydrogens is 185 g/mol. The van der Waals surface area contributed by atoms with Gasteiger partial charge in [0.25, 0.3) is 5.56 Å². The van der Waals surface area contributed by atoms with Gasteiger partial charge in [0, 0.05) is 5.69 Å². The standard InChI is InChI=1S/C7H7Cl2NO/c1-3-5(8)4(2)10-7(11)6(3)9/h1-2H3,(H,10,11). The van der Waals surface area contributed by atoms with Gasteiger partial charge in [-0.05, 0) is 19.4 Å². The fraction of sp³-hybridized carbons (Fsp3) is 0.286. The summed E-state index contributed by atoms with van der Waals surface area (Å²) in [4.78, 5) is 13.5. The minimum absolute atomic E-state index is 0.167. The molecule has 0 amide bonds. The molecule has 0 fully saturated rings. The molecule has 0 aliphatic rings. The maximum absolute atomic E-state index is 11.0. The summed E-state index contributed by atoms with van der Waals surface area (Å²) in [5.41, 5.74) is 0.999. The first kappa shape index (κ1) is 8.62. The third kappa shape index (κ3) is 1.42. The number of halogens is 2. The normalized spacial score (nSPS) is 10.2. The Morgan fingerprint density at radius 2 is 1.73 bits per heavy atom. The highest BCUT2D eigenvalue weighted by Crippen LogP contribution is 2.21. The van der Waals surface area contributed by atoms with Crippen molar-refractivity contribution in [3.05, 3.63) is 31.7 Å². The van der Waals surface area contributed by atoms with Crippen LogP contribution in [0.1, 0.15) is 11.3 Å². The van der Waals surface area contributed by atoms with E-state index in [1.807, 2.05) is 0 Å². The Morgan fingerprint density at radius 1 is 1.18 bits per heavy atom. The summed E-state index contributed by atoms with van der Waals surface area (Å²) >= 11 is 11.4. The van der Waals surface area contributed by atoms with E-state index in [-0.39, 0.29) is 10.6 Å². The van der Waals surface area contributed by atoms with Crippen molar-refractivity contribution in [2.24, 2.45) is 0 Å². The Bertz CT molecular complexity index is 343. The molecule has 11 heavy (non-hydrogen) atoms. The Hall–Kier alpha value is -0.470. The SMILES string of the molecule is Cc1[nH]c(=O)c(Cl)c(C)c1Cl. The first-order chi connectivity index (χ1) is 5.04. The second-order valence-corrected chi connectivity index (χ2v) is 3.09. The number of hydrogen-bond donors (Lipinski definition) is 1. The van der Waals surface area contributed by atoms with E-state index in [2.05, 4.69) is 4.98 Å². The minimum Gasteiger partial charge on any atom is -0.324 e. The largest absolute Gasteiger partial charge is 0.324 e. The first-order valence-electron chi connectivity index (χ1n) is 3.08. The molecule has 1 aromatic heterocycles. The van der Waals surface area contributed by atoms with E-state index in [1.54, 1.807) is 13.8 Å². The van der Waals surface area contributed by atoms with Crippen molar-refractivity contribution in [1.82, 2.24) is 4.98 Å². The molecule has 60 valence electrons. The van der Waals surface area contributed by atoms with Crippen LogP contribution < -0.4 is 5.56 Å². The number of H-pyrrole nitrogens is 1. The quantitative estimate of drug-likeness (QED) is 0.671. The Balaban J connectivity index is 3.59. The van der Waals surface area contributed by atoms with Crippen molar-refractivity contribution in [3.8, 4) is 0 Å². The maximum Gasteiger partial charge on any atom is 0.267 e. The van der Waals surface area contributed by atoms with E-state index in [0.29, 0.717) is 16.3 Å². The van der Waals surface area contributed by atoms with Crippen LogP contribution in [0.2, 0.25) is 10.0 Å². The van der Waals surface area contributed by atoms with Gasteiger partial charge in [0.1, 0.15) is 5.02 Å². The smallest absolute Gasteiger partial charge is 0.267 e. The van der Waals surface area contributed by atoms with Crippen molar-refractivity contribution in [3.63, 3.8) is 0 Å². The van der Waals surface area contributed by atoms with Gasteiger partial charge in [-0.3, -0.25) is 4.79 Å². The number of nitrogens with one attached hydrogen (secondary N) is 1. The van der Waals surface area contributed by atoms with Crippen LogP contribution in [0.5, 0.6) is 0 Å². The molecule has 0 atom stereocenters. The highest BCUT2D eigenvalue weighted by Gasteiger charge is 2.07. The average Bonchev–Trinajstić information content (AvgIpc) is 1.97. The lowest BCUT2D eigenvalue weighted by Crippen LogP contribution is -2.09. The van der Waals surface area contributed by atoms with Gasteiger partial charge in [-0.1, -0.05) is 23.2 Å². The zero-order valence-corrected chi connectivity index (χ0v) is 7.68. The summed E-state index contributed by atoms with van der Waals surface area (Å²) in [7, 11) is 0. The fourth-order valence-corrected chi connectivity index (χ4v) is 1.16. The fourth-order valence-electron chi connectivity index (χ4n) is 0.828. The average molecular weight is 192 g/mol. The molecule has 0 radical (unpaired) electrons. The molecule has 1 heterocycles. The third-order valence-electron chi connectivity index (χ3n) is 1.49. The van der Waals surface area contributed by atoms with E-state index >= 15 is 0 Å². The van der Waals surface area contributed by atoms with Crippen molar-refractivity contribution in [2.75, 3.05) is 0 Å². The molecule has 2 nitrogen and oxygen atoms in total. The summed E-state index contributed by atoms with van der Waals surface area (Å²) in [5, 5.41) is 0.690. The highest BCUT2D eigenvalue weighted by molar-refractivity contribution is 6.36. The number of aryl methyl sites for hydroxylation is 1. The number of pyridine rings is 1. The Labute approximate surface area is 74.1 Å². The molecule has 1 rings (SSSR count). The summed E-state index contributed by atoms with van der Waals surface area (Å²) in [5.74, 6) is 0. The van der Waals surface area contributed by atoms with Crippen LogP contribution in [0, 0.1) is 13.8 Å². The number of rotatable bonds is 0. The van der Waals surface area contributed by atoms with E-state index < -0.39 is 0 Å². The maximum atomic E-state index is 11.0. The van der Waals surface area contributed by atoms with Gasteiger partial charge in [0.05, 0.1) is 5.02 Å². The van der Waals surface area contributed by atoms with Crippen LogP contribution in [0.3, 0.4) is 0 Å². The van der Waals surface area contributed by atoms with Gasteiger partial charge >= 0.3 is 0 Å². The predicted octanol–water partition coefficient (Wildman–Crippen LogP) is 2.30. The number of aromatic amines is 1. The van der Waals surface area contributed by atoms with Crippen LogP contribution in [-0.4, -0.2) is 4.98 Å². The lowest BCUT2D eigenvalue weighted by Gasteiger charge is -2.02. The van der Waals surface area contributed by atoms with Gasteiger partial charge in [-0.15, -0.1) is 0 Å². The molecule has 1 N–H and O–H groups in total. The molecule has 0 saturated carbocycles. The molecule has 4 heteroatoms. The van der Waals surface area contributed by atoms with Crippen molar-refractivity contribution < 1.29 is 0 Å². The molecular formula is C7H7Cl2NO. The second kappa shape index (κ2) is 2.88. The molecule has 0 saturated heterocycles. The second-order valence-electron chi connectivity index (χ2n) is 2.33. The molecule has 0 bridgehead atoms. The lowest BCUT2D eigenvalue weighted by atomic mass is 10.2. The molecule has 1 aromatic rings. The van der Waals surface area contributed by atoms with Crippen LogP contribution in [0.4, 0.5) is 0 Å². The van der Waals surface area contributed by atoms with Crippen LogP contribution in [0.15, 0.2) is 4.79 Å². The first-order valence-corrected chi connectivity index (χ1v) is 3.84. The van der Waals surface area contributed by atoms with Crippen LogP contribution in [0.25, 0.3) is 0 Å². The van der Waals surface area contributed by atoms with Crippen molar-refractivity contribution in [1.29, 1.82) is 0 Å². The van der Waals surface area contributed by atoms with Gasteiger partial charge in [-0.25, -0.2) is 0 Å². The third-order valence-corrected chi connectivity index (χ3v) is 2.51. The van der Waals surface area contributed by atoms with Gasteiger partial charge in [-0.2, -0.15) is 0 Å². The van der Waals surface area contributed by atoms with Gasteiger partial charge < -0.3 is 4.98 Å². The van der Waals surface area contributed by atoms with E-state index in [4.69, 9.17) is 23.2 Å². The predicted molar refractivity (Wildman–Crippen MR) is 46.6 cm³/mol. The van der Waals surface area contributed by atoms with E-state index in [9.17, 15) is 4.79 Å². The lowest BCUT2D eigenvalue weighted by molar-refractivity contribution is 1.12. The van der Waals surface area contributed by atoms with Gasteiger partial charge in [0.2, 0.25) is 0 Å². The van der Waals surface area contributed by atoms with Crippen LogP contribution in [-0.2, 0) is 0 Å². The van der Waals surface area contributed by atoms with Gasteiger partial charge in [0.15, 0.2) is 0 Å². The number of hydrogen-bond acceptors (Lipinski definition) is 1. The van der Waals surface area contributed by atoms with E-state index in [1.165, 1.54) is 0 Å². The summed E-state index contributed by atoms with van der Waals surface area (Å²) in [6, 6.07) is 0. The van der Waals surface area contributed by atoms with Crippen molar-refractivity contribution >= 4 is 23.2 Å².